The van der Waals surface area contributed by atoms with Gasteiger partial charge in [0.05, 0.1) is 0 Å². The lowest BCUT2D eigenvalue weighted by atomic mass is 9.96. The molecule has 0 spiro atoms. The first-order valence-corrected chi connectivity index (χ1v) is 5.20. The topological polar surface area (TPSA) is 49.3 Å². The molecule has 15 heavy (non-hydrogen) atoms. The SMILES string of the molecule is O=C(CO)NCC1(c2ccccc2)CC1. The van der Waals surface area contributed by atoms with Gasteiger partial charge in [-0.1, -0.05) is 30.3 Å². The Balaban J connectivity index is 2.00. The third kappa shape index (κ3) is 2.18. The first kappa shape index (κ1) is 10.2. The quantitative estimate of drug-likeness (QED) is 0.764. The Kier molecular flexibility index (Phi) is 2.73. The van der Waals surface area contributed by atoms with Gasteiger partial charge in [0.25, 0.3) is 0 Å². The van der Waals surface area contributed by atoms with E-state index in [1.165, 1.54) is 5.56 Å². The second-order valence-electron chi connectivity index (χ2n) is 4.08. The third-order valence-electron chi connectivity index (χ3n) is 3.01. The van der Waals surface area contributed by atoms with Gasteiger partial charge < -0.3 is 10.4 Å². The second kappa shape index (κ2) is 4.03. The fourth-order valence-electron chi connectivity index (χ4n) is 1.83. The number of hydrogen-bond acceptors (Lipinski definition) is 2. The van der Waals surface area contributed by atoms with E-state index in [2.05, 4.69) is 17.4 Å². The summed E-state index contributed by atoms with van der Waals surface area (Å²) in [5, 5.41) is 11.4. The van der Waals surface area contributed by atoms with Crippen LogP contribution in [0.25, 0.3) is 0 Å². The van der Waals surface area contributed by atoms with Gasteiger partial charge in [-0.25, -0.2) is 0 Å². The Morgan fingerprint density at radius 1 is 1.33 bits per heavy atom. The zero-order valence-corrected chi connectivity index (χ0v) is 8.57. The standard InChI is InChI=1S/C12H15NO2/c14-8-11(15)13-9-12(6-7-12)10-4-2-1-3-5-10/h1-5,14H,6-9H2,(H,13,15). The predicted molar refractivity (Wildman–Crippen MR) is 57.4 cm³/mol. The van der Waals surface area contributed by atoms with E-state index in [9.17, 15) is 4.79 Å². The van der Waals surface area contributed by atoms with E-state index < -0.39 is 6.61 Å². The van der Waals surface area contributed by atoms with E-state index in [1.807, 2.05) is 18.2 Å². The maximum absolute atomic E-state index is 11.0. The van der Waals surface area contributed by atoms with Crippen LogP contribution in [0.4, 0.5) is 0 Å². The fourth-order valence-corrected chi connectivity index (χ4v) is 1.83. The van der Waals surface area contributed by atoms with Crippen LogP contribution in [0, 0.1) is 0 Å². The maximum atomic E-state index is 11.0. The summed E-state index contributed by atoms with van der Waals surface area (Å²) in [6.45, 7) is 0.210. The van der Waals surface area contributed by atoms with Gasteiger partial charge in [-0.15, -0.1) is 0 Å². The van der Waals surface area contributed by atoms with Crippen LogP contribution in [0.15, 0.2) is 30.3 Å². The molecule has 0 aliphatic heterocycles. The minimum Gasteiger partial charge on any atom is -0.387 e. The van der Waals surface area contributed by atoms with Crippen molar-refractivity contribution in [1.82, 2.24) is 5.32 Å². The van der Waals surface area contributed by atoms with Gasteiger partial charge >= 0.3 is 0 Å². The summed E-state index contributed by atoms with van der Waals surface area (Å²) in [5.74, 6) is -0.294. The van der Waals surface area contributed by atoms with Crippen LogP contribution in [0.1, 0.15) is 18.4 Å². The molecule has 0 unspecified atom stereocenters. The Labute approximate surface area is 89.1 Å². The summed E-state index contributed by atoms with van der Waals surface area (Å²) in [4.78, 5) is 11.0. The molecular formula is C12H15NO2. The van der Waals surface area contributed by atoms with E-state index in [0.717, 1.165) is 12.8 Å². The van der Waals surface area contributed by atoms with Crippen molar-refractivity contribution in [1.29, 1.82) is 0 Å². The van der Waals surface area contributed by atoms with Crippen molar-refractivity contribution >= 4 is 5.91 Å². The van der Waals surface area contributed by atoms with Crippen LogP contribution in [-0.4, -0.2) is 24.2 Å². The summed E-state index contributed by atoms with van der Waals surface area (Å²) in [6.07, 6.45) is 2.23. The van der Waals surface area contributed by atoms with Crippen LogP contribution in [0.2, 0.25) is 0 Å². The highest BCUT2D eigenvalue weighted by Gasteiger charge is 2.44. The summed E-state index contributed by atoms with van der Waals surface area (Å²) in [7, 11) is 0. The van der Waals surface area contributed by atoms with Crippen molar-refractivity contribution < 1.29 is 9.90 Å². The molecule has 3 heteroatoms. The van der Waals surface area contributed by atoms with Crippen LogP contribution < -0.4 is 5.32 Å². The molecule has 0 bridgehead atoms. The van der Waals surface area contributed by atoms with Crippen molar-refractivity contribution in [2.45, 2.75) is 18.3 Å². The maximum Gasteiger partial charge on any atom is 0.245 e. The number of hydrogen-bond donors (Lipinski definition) is 2. The first-order chi connectivity index (χ1) is 7.27. The lowest BCUT2D eigenvalue weighted by Gasteiger charge is -2.15. The van der Waals surface area contributed by atoms with Crippen LogP contribution in [0.5, 0.6) is 0 Å². The fraction of sp³-hybridized carbons (Fsp3) is 0.417. The number of amides is 1. The molecule has 2 rings (SSSR count). The molecule has 1 aromatic carbocycles. The Morgan fingerprint density at radius 3 is 2.53 bits per heavy atom. The molecule has 1 aliphatic carbocycles. The van der Waals surface area contributed by atoms with Crippen molar-refractivity contribution in [3.8, 4) is 0 Å². The average Bonchev–Trinajstić information content (AvgIpc) is 3.08. The number of aliphatic hydroxyl groups excluding tert-OH is 1. The van der Waals surface area contributed by atoms with Gasteiger partial charge in [0.2, 0.25) is 5.91 Å². The largest absolute Gasteiger partial charge is 0.387 e. The minimum atomic E-state index is -0.426. The highest BCUT2D eigenvalue weighted by atomic mass is 16.3. The van der Waals surface area contributed by atoms with Gasteiger partial charge in [-0.3, -0.25) is 4.79 Å². The van der Waals surface area contributed by atoms with Crippen LogP contribution >= 0.6 is 0 Å². The Bertz CT molecular complexity index is 344. The molecule has 1 saturated carbocycles. The number of rotatable bonds is 4. The van der Waals surface area contributed by atoms with Crippen molar-refractivity contribution in [2.75, 3.05) is 13.2 Å². The van der Waals surface area contributed by atoms with Gasteiger partial charge in [0, 0.05) is 12.0 Å². The number of benzene rings is 1. The van der Waals surface area contributed by atoms with E-state index in [4.69, 9.17) is 5.11 Å². The molecule has 2 N–H and O–H groups in total. The van der Waals surface area contributed by atoms with E-state index in [0.29, 0.717) is 6.54 Å². The molecule has 0 heterocycles. The number of carbonyl (C=O) groups excluding carboxylic acids is 1. The minimum absolute atomic E-state index is 0.131. The zero-order valence-electron chi connectivity index (χ0n) is 8.57. The number of carbonyl (C=O) groups is 1. The van der Waals surface area contributed by atoms with E-state index in [-0.39, 0.29) is 11.3 Å². The molecule has 0 aromatic heterocycles. The average molecular weight is 205 g/mol. The lowest BCUT2D eigenvalue weighted by molar-refractivity contribution is -0.123. The molecule has 80 valence electrons. The van der Waals surface area contributed by atoms with Gasteiger partial charge in [0.15, 0.2) is 0 Å². The molecule has 0 atom stereocenters. The Hall–Kier alpha value is -1.35. The van der Waals surface area contributed by atoms with E-state index >= 15 is 0 Å². The van der Waals surface area contributed by atoms with Crippen LogP contribution in [-0.2, 0) is 10.2 Å². The molecule has 1 amide bonds. The van der Waals surface area contributed by atoms with Gasteiger partial charge in [0.1, 0.15) is 6.61 Å². The van der Waals surface area contributed by atoms with Crippen molar-refractivity contribution in [3.63, 3.8) is 0 Å². The monoisotopic (exact) mass is 205 g/mol. The highest BCUT2D eigenvalue weighted by molar-refractivity contribution is 5.77. The molecule has 1 aromatic rings. The second-order valence-corrected chi connectivity index (χ2v) is 4.08. The summed E-state index contributed by atoms with van der Waals surface area (Å²) in [6, 6.07) is 10.2. The smallest absolute Gasteiger partial charge is 0.245 e. The third-order valence-corrected chi connectivity index (χ3v) is 3.01. The number of aliphatic hydroxyl groups is 1. The molecule has 1 fully saturated rings. The first-order valence-electron chi connectivity index (χ1n) is 5.20. The molecule has 0 saturated heterocycles. The molecular weight excluding hydrogens is 190 g/mol. The Morgan fingerprint density at radius 2 is 2.00 bits per heavy atom. The van der Waals surface area contributed by atoms with Crippen molar-refractivity contribution in [2.24, 2.45) is 0 Å². The molecule has 1 aliphatic rings. The summed E-state index contributed by atoms with van der Waals surface area (Å²) >= 11 is 0. The normalized spacial score (nSPS) is 17.1. The zero-order chi connectivity index (χ0) is 10.7. The lowest BCUT2D eigenvalue weighted by Crippen LogP contribution is -2.33. The molecule has 3 nitrogen and oxygen atoms in total. The van der Waals surface area contributed by atoms with E-state index in [1.54, 1.807) is 0 Å². The summed E-state index contributed by atoms with van der Waals surface area (Å²) in [5.41, 5.74) is 1.41. The summed E-state index contributed by atoms with van der Waals surface area (Å²) < 4.78 is 0. The predicted octanol–water partition coefficient (Wildman–Crippen LogP) is 0.827. The van der Waals surface area contributed by atoms with Gasteiger partial charge in [-0.05, 0) is 18.4 Å². The highest BCUT2D eigenvalue weighted by Crippen LogP contribution is 2.47. The van der Waals surface area contributed by atoms with Crippen molar-refractivity contribution in [3.05, 3.63) is 35.9 Å². The number of nitrogens with one attached hydrogen (secondary N) is 1. The van der Waals surface area contributed by atoms with Crippen LogP contribution in [0.3, 0.4) is 0 Å². The van der Waals surface area contributed by atoms with Gasteiger partial charge in [-0.2, -0.15) is 0 Å². The molecule has 0 radical (unpaired) electrons.